The number of Topliss-reactive ketones (excluding diaryl/α,β-unsaturated/α-hetero) is 1. The lowest BCUT2D eigenvalue weighted by molar-refractivity contribution is 0.0992. The number of carbonyl (C=O) groups excluding carboxylic acids is 1. The van der Waals surface area contributed by atoms with Gasteiger partial charge in [0.2, 0.25) is 0 Å². The van der Waals surface area contributed by atoms with Crippen molar-refractivity contribution >= 4 is 17.4 Å². The molecule has 0 radical (unpaired) electrons. The maximum absolute atomic E-state index is 12.2. The van der Waals surface area contributed by atoms with Crippen molar-refractivity contribution in [3.8, 4) is 11.4 Å². The summed E-state index contributed by atoms with van der Waals surface area (Å²) in [4.78, 5) is 25.0. The molecule has 2 aromatic heterocycles. The molecule has 0 aliphatic carbocycles. The molecule has 1 aromatic carbocycles. The van der Waals surface area contributed by atoms with Crippen molar-refractivity contribution in [1.29, 1.82) is 0 Å². The second kappa shape index (κ2) is 6.45. The van der Waals surface area contributed by atoms with Crippen molar-refractivity contribution in [3.05, 3.63) is 77.3 Å². The monoisotopic (exact) mass is 309 g/mol. The Kier molecular flexibility index (Phi) is 4.21. The molecule has 108 valence electrons. The third-order valence-corrected chi connectivity index (χ3v) is 3.36. The Labute approximate surface area is 132 Å². The minimum absolute atomic E-state index is 0.0395. The zero-order valence-electron chi connectivity index (χ0n) is 11.6. The quantitative estimate of drug-likeness (QED) is 0.691. The summed E-state index contributed by atoms with van der Waals surface area (Å²) in [5, 5.41) is 0.544. The molecule has 0 unspecified atom stereocenters. The van der Waals surface area contributed by atoms with Gasteiger partial charge in [-0.1, -0.05) is 29.8 Å². The van der Waals surface area contributed by atoms with Crippen LogP contribution in [0.2, 0.25) is 5.02 Å². The van der Waals surface area contributed by atoms with E-state index in [0.29, 0.717) is 22.0 Å². The first-order valence-electron chi connectivity index (χ1n) is 6.73. The number of halogens is 1. The molecule has 0 aliphatic heterocycles. The number of carbonyl (C=O) groups is 1. The molecule has 0 bridgehead atoms. The third-order valence-electron chi connectivity index (χ3n) is 3.12. The second-order valence-corrected chi connectivity index (χ2v) is 5.15. The highest BCUT2D eigenvalue weighted by atomic mass is 35.5. The van der Waals surface area contributed by atoms with Crippen molar-refractivity contribution in [2.75, 3.05) is 0 Å². The molecule has 0 spiro atoms. The van der Waals surface area contributed by atoms with Crippen LogP contribution >= 0.6 is 11.6 Å². The summed E-state index contributed by atoms with van der Waals surface area (Å²) in [6.07, 6.45) is 5.12. The predicted octanol–water partition coefficient (Wildman–Crippen LogP) is 3.62. The van der Waals surface area contributed by atoms with Crippen LogP contribution in [0.25, 0.3) is 11.4 Å². The summed E-state index contributed by atoms with van der Waals surface area (Å²) in [7, 11) is 0. The maximum Gasteiger partial charge on any atom is 0.168 e. The van der Waals surface area contributed by atoms with Gasteiger partial charge in [-0.3, -0.25) is 19.7 Å². The van der Waals surface area contributed by atoms with Crippen molar-refractivity contribution in [1.82, 2.24) is 15.0 Å². The minimum Gasteiger partial charge on any atom is -0.294 e. The fourth-order valence-electron chi connectivity index (χ4n) is 2.02. The Balaban J connectivity index is 1.75. The number of pyridine rings is 1. The van der Waals surface area contributed by atoms with E-state index in [1.165, 1.54) is 0 Å². The average molecular weight is 310 g/mol. The van der Waals surface area contributed by atoms with Crippen molar-refractivity contribution < 1.29 is 4.79 Å². The fourth-order valence-corrected chi connectivity index (χ4v) is 2.21. The van der Waals surface area contributed by atoms with Crippen LogP contribution in [0.5, 0.6) is 0 Å². The molecule has 3 aromatic rings. The zero-order chi connectivity index (χ0) is 15.4. The van der Waals surface area contributed by atoms with Gasteiger partial charge in [0.1, 0.15) is 5.69 Å². The first-order chi connectivity index (χ1) is 10.7. The molecule has 0 atom stereocenters. The lowest BCUT2D eigenvalue weighted by atomic mass is 10.1. The van der Waals surface area contributed by atoms with E-state index >= 15 is 0 Å². The van der Waals surface area contributed by atoms with Gasteiger partial charge >= 0.3 is 0 Å². The number of hydrogen-bond acceptors (Lipinski definition) is 4. The van der Waals surface area contributed by atoms with E-state index in [0.717, 1.165) is 5.69 Å². The highest BCUT2D eigenvalue weighted by Crippen LogP contribution is 2.14. The molecule has 4 nitrogen and oxygen atoms in total. The van der Waals surface area contributed by atoms with Gasteiger partial charge < -0.3 is 0 Å². The standard InChI is InChI=1S/C17H12ClN3O/c18-13-5-3-4-12(8-13)17(22)9-14-10-21-16(11-20-14)15-6-1-2-7-19-15/h1-8,10-11H,9H2. The molecule has 0 fully saturated rings. The van der Waals surface area contributed by atoms with Gasteiger partial charge in [0.05, 0.1) is 24.0 Å². The fraction of sp³-hybridized carbons (Fsp3) is 0.0588. The molecule has 0 N–H and O–H groups in total. The van der Waals surface area contributed by atoms with E-state index in [9.17, 15) is 4.79 Å². The molecule has 0 aliphatic rings. The average Bonchev–Trinajstić information content (AvgIpc) is 2.56. The minimum atomic E-state index is -0.0395. The van der Waals surface area contributed by atoms with Crippen molar-refractivity contribution in [2.24, 2.45) is 0 Å². The Bertz CT molecular complexity index is 789. The SMILES string of the molecule is O=C(Cc1cnc(-c2ccccn2)cn1)c1cccc(Cl)c1. The smallest absolute Gasteiger partial charge is 0.168 e. The summed E-state index contributed by atoms with van der Waals surface area (Å²) in [5.41, 5.74) is 2.62. The van der Waals surface area contributed by atoms with Crippen LogP contribution in [0, 0.1) is 0 Å². The number of benzene rings is 1. The highest BCUT2D eigenvalue weighted by Gasteiger charge is 2.09. The number of ketones is 1. The van der Waals surface area contributed by atoms with Crippen LogP contribution in [-0.4, -0.2) is 20.7 Å². The normalized spacial score (nSPS) is 10.4. The predicted molar refractivity (Wildman–Crippen MR) is 84.7 cm³/mol. The zero-order valence-corrected chi connectivity index (χ0v) is 12.4. The number of aromatic nitrogens is 3. The molecule has 2 heterocycles. The topological polar surface area (TPSA) is 55.7 Å². The van der Waals surface area contributed by atoms with Gasteiger partial charge in [-0.05, 0) is 24.3 Å². The van der Waals surface area contributed by atoms with Gasteiger partial charge in [0.15, 0.2) is 5.78 Å². The van der Waals surface area contributed by atoms with Gasteiger partial charge in [0.25, 0.3) is 0 Å². The first-order valence-corrected chi connectivity index (χ1v) is 7.11. The van der Waals surface area contributed by atoms with E-state index in [-0.39, 0.29) is 12.2 Å². The number of hydrogen-bond donors (Lipinski definition) is 0. The van der Waals surface area contributed by atoms with Crippen molar-refractivity contribution in [2.45, 2.75) is 6.42 Å². The van der Waals surface area contributed by atoms with E-state index < -0.39 is 0 Å². The van der Waals surface area contributed by atoms with E-state index in [4.69, 9.17) is 11.6 Å². The van der Waals surface area contributed by atoms with Crippen LogP contribution in [0.3, 0.4) is 0 Å². The molecule has 0 amide bonds. The van der Waals surface area contributed by atoms with Gasteiger partial charge in [-0.15, -0.1) is 0 Å². The van der Waals surface area contributed by atoms with Gasteiger partial charge in [0, 0.05) is 23.0 Å². The molecule has 22 heavy (non-hydrogen) atoms. The maximum atomic E-state index is 12.2. The Hall–Kier alpha value is -2.59. The summed E-state index contributed by atoms with van der Waals surface area (Å²) >= 11 is 5.89. The summed E-state index contributed by atoms with van der Waals surface area (Å²) in [6, 6.07) is 12.5. The van der Waals surface area contributed by atoms with E-state index in [1.807, 2.05) is 18.2 Å². The summed E-state index contributed by atoms with van der Waals surface area (Å²) < 4.78 is 0. The Morgan fingerprint density at radius 2 is 1.86 bits per heavy atom. The van der Waals surface area contributed by atoms with Crippen LogP contribution in [0.1, 0.15) is 16.1 Å². The van der Waals surface area contributed by atoms with E-state index in [1.54, 1.807) is 42.9 Å². The molecular formula is C17H12ClN3O. The van der Waals surface area contributed by atoms with E-state index in [2.05, 4.69) is 15.0 Å². The van der Waals surface area contributed by atoms with Crippen LogP contribution in [-0.2, 0) is 6.42 Å². The summed E-state index contributed by atoms with van der Waals surface area (Å²) in [5.74, 6) is -0.0395. The first kappa shape index (κ1) is 14.4. The Morgan fingerprint density at radius 1 is 0.955 bits per heavy atom. The molecule has 0 saturated carbocycles. The lowest BCUT2D eigenvalue weighted by Crippen LogP contribution is -2.05. The summed E-state index contributed by atoms with van der Waals surface area (Å²) in [6.45, 7) is 0. The highest BCUT2D eigenvalue weighted by molar-refractivity contribution is 6.31. The van der Waals surface area contributed by atoms with Gasteiger partial charge in [-0.25, -0.2) is 0 Å². The van der Waals surface area contributed by atoms with Crippen LogP contribution in [0.4, 0.5) is 0 Å². The lowest BCUT2D eigenvalue weighted by Gasteiger charge is -2.03. The second-order valence-electron chi connectivity index (χ2n) is 4.72. The molecule has 5 heteroatoms. The molecule has 3 rings (SSSR count). The van der Waals surface area contributed by atoms with Crippen LogP contribution < -0.4 is 0 Å². The van der Waals surface area contributed by atoms with Gasteiger partial charge in [-0.2, -0.15) is 0 Å². The Morgan fingerprint density at radius 3 is 2.55 bits per heavy atom. The number of rotatable bonds is 4. The van der Waals surface area contributed by atoms with Crippen LogP contribution in [0.15, 0.2) is 61.1 Å². The van der Waals surface area contributed by atoms with Crippen molar-refractivity contribution in [3.63, 3.8) is 0 Å². The molecule has 0 saturated heterocycles. The number of nitrogens with zero attached hydrogens (tertiary/aromatic N) is 3. The largest absolute Gasteiger partial charge is 0.294 e. The third kappa shape index (κ3) is 3.35. The molecular weight excluding hydrogens is 298 g/mol.